The Balaban J connectivity index is 1.85. The maximum Gasteiger partial charge on any atom is 0.253 e. The van der Waals surface area contributed by atoms with Gasteiger partial charge in [-0.3, -0.25) is 4.79 Å². The highest BCUT2D eigenvalue weighted by atomic mass is 16.5. The normalized spacial score (nSPS) is 23.2. The number of ether oxygens (including phenoxy) is 2. The van der Waals surface area contributed by atoms with Gasteiger partial charge in [0.05, 0.1) is 25.3 Å². The molecule has 0 spiro atoms. The predicted molar refractivity (Wildman–Crippen MR) is 95.2 cm³/mol. The summed E-state index contributed by atoms with van der Waals surface area (Å²) in [5.41, 5.74) is 0.440. The van der Waals surface area contributed by atoms with Crippen molar-refractivity contribution in [2.45, 2.75) is 51.2 Å². The summed E-state index contributed by atoms with van der Waals surface area (Å²) in [5.74, 6) is 1.48. The van der Waals surface area contributed by atoms with E-state index in [9.17, 15) is 9.90 Å². The van der Waals surface area contributed by atoms with E-state index in [4.69, 9.17) is 9.47 Å². The van der Waals surface area contributed by atoms with E-state index in [0.29, 0.717) is 13.2 Å². The third kappa shape index (κ3) is 3.38. The van der Waals surface area contributed by atoms with Gasteiger partial charge < -0.3 is 19.5 Å². The van der Waals surface area contributed by atoms with Gasteiger partial charge in [0.1, 0.15) is 17.1 Å². The first-order valence-corrected chi connectivity index (χ1v) is 8.95. The number of hydrogen-bond donors (Lipinski definition) is 1. The van der Waals surface area contributed by atoms with Crippen molar-refractivity contribution in [2.75, 3.05) is 20.3 Å². The van der Waals surface area contributed by atoms with Crippen molar-refractivity contribution < 1.29 is 19.4 Å². The molecule has 1 N–H and O–H groups in total. The number of benzene rings is 1. The Morgan fingerprint density at radius 2 is 2.04 bits per heavy atom. The number of likely N-dealkylation sites (tertiary alicyclic amines) is 1. The molecule has 2 heterocycles. The zero-order valence-electron chi connectivity index (χ0n) is 15.2. The van der Waals surface area contributed by atoms with Gasteiger partial charge in [0, 0.05) is 6.54 Å². The minimum Gasteiger partial charge on any atom is -0.498 e. The summed E-state index contributed by atoms with van der Waals surface area (Å²) in [4.78, 5) is 14.9. The van der Waals surface area contributed by atoms with E-state index in [-0.39, 0.29) is 11.9 Å². The molecule has 5 heteroatoms. The quantitative estimate of drug-likeness (QED) is 0.911. The Morgan fingerprint density at radius 3 is 2.68 bits per heavy atom. The Hall–Kier alpha value is -2.01. The third-order valence-electron chi connectivity index (χ3n) is 5.41. The molecule has 5 nitrogen and oxygen atoms in total. The van der Waals surface area contributed by atoms with Crippen LogP contribution in [0.3, 0.4) is 0 Å². The molecule has 0 aromatic heterocycles. The van der Waals surface area contributed by atoms with Gasteiger partial charge in [0.15, 0.2) is 0 Å². The minimum absolute atomic E-state index is 0.00786. The number of methoxy groups -OCH3 is 1. The molecule has 1 saturated heterocycles. The maximum absolute atomic E-state index is 13.1. The van der Waals surface area contributed by atoms with Crippen LogP contribution >= 0.6 is 0 Å². The number of nitrogens with zero attached hydrogens (tertiary/aromatic N) is 1. The van der Waals surface area contributed by atoms with Crippen molar-refractivity contribution in [3.63, 3.8) is 0 Å². The molecule has 2 unspecified atom stereocenters. The highest BCUT2D eigenvalue weighted by molar-refractivity contribution is 5.94. The lowest BCUT2D eigenvalue weighted by Crippen LogP contribution is -2.48. The average molecular weight is 345 g/mol. The van der Waals surface area contributed by atoms with E-state index < -0.39 is 5.60 Å². The average Bonchev–Trinajstić information content (AvgIpc) is 3.12. The fourth-order valence-electron chi connectivity index (χ4n) is 3.88. The lowest BCUT2D eigenvalue weighted by atomic mass is 9.86. The van der Waals surface area contributed by atoms with Crippen molar-refractivity contribution in [3.8, 4) is 5.75 Å². The van der Waals surface area contributed by atoms with E-state index >= 15 is 0 Å². The van der Waals surface area contributed by atoms with Crippen LogP contribution in [0.2, 0.25) is 0 Å². The summed E-state index contributed by atoms with van der Waals surface area (Å²) < 4.78 is 10.7. The second-order valence-electron chi connectivity index (χ2n) is 7.02. The lowest BCUT2D eigenvalue weighted by molar-refractivity contribution is -0.134. The van der Waals surface area contributed by atoms with Gasteiger partial charge in [-0.15, -0.1) is 0 Å². The van der Waals surface area contributed by atoms with Crippen molar-refractivity contribution in [2.24, 2.45) is 0 Å². The predicted octanol–water partition coefficient (Wildman–Crippen LogP) is 2.98. The Bertz CT molecular complexity index is 663. The standard InChI is InChI=1S/C20H27NO4/c1-14-17(6-5-13-25-14)19(22)21-12-4-7-18(21)20(2,23)15-8-10-16(24-3)11-9-15/h8-11,18,23H,4-7,12-13H2,1-3H3. The lowest BCUT2D eigenvalue weighted by Gasteiger charge is -2.38. The van der Waals surface area contributed by atoms with Gasteiger partial charge >= 0.3 is 0 Å². The van der Waals surface area contributed by atoms with Crippen LogP contribution in [0.5, 0.6) is 5.75 Å². The van der Waals surface area contributed by atoms with Crippen molar-refractivity contribution in [3.05, 3.63) is 41.2 Å². The van der Waals surface area contributed by atoms with Gasteiger partial charge in [-0.1, -0.05) is 12.1 Å². The highest BCUT2D eigenvalue weighted by Gasteiger charge is 2.43. The number of rotatable bonds is 4. The van der Waals surface area contributed by atoms with Crippen LogP contribution in [0.4, 0.5) is 0 Å². The summed E-state index contributed by atoms with van der Waals surface area (Å²) in [6.45, 7) is 5.00. The largest absolute Gasteiger partial charge is 0.498 e. The molecule has 3 rings (SSSR count). The monoisotopic (exact) mass is 345 g/mol. The molecule has 1 fully saturated rings. The molecule has 0 aliphatic carbocycles. The fraction of sp³-hybridized carbons (Fsp3) is 0.550. The number of allylic oxidation sites excluding steroid dienone is 1. The van der Waals surface area contributed by atoms with E-state index in [2.05, 4.69) is 0 Å². The summed E-state index contributed by atoms with van der Waals surface area (Å²) in [7, 11) is 1.62. The Labute approximate surface area is 149 Å². The second kappa shape index (κ2) is 7.08. The van der Waals surface area contributed by atoms with Crippen LogP contribution < -0.4 is 4.74 Å². The summed E-state index contributed by atoms with van der Waals surface area (Å²) in [6, 6.07) is 7.18. The topological polar surface area (TPSA) is 59.0 Å². The van der Waals surface area contributed by atoms with Crippen molar-refractivity contribution in [1.82, 2.24) is 4.90 Å². The zero-order valence-corrected chi connectivity index (χ0v) is 15.2. The molecular weight excluding hydrogens is 318 g/mol. The molecule has 0 saturated carbocycles. The number of amides is 1. The zero-order chi connectivity index (χ0) is 18.0. The molecule has 2 atom stereocenters. The number of carbonyl (C=O) groups is 1. The first kappa shape index (κ1) is 17.8. The van der Waals surface area contributed by atoms with Gasteiger partial charge in [0.25, 0.3) is 5.91 Å². The molecule has 25 heavy (non-hydrogen) atoms. The first-order chi connectivity index (χ1) is 11.9. The molecule has 0 bridgehead atoms. The molecule has 1 aromatic rings. The van der Waals surface area contributed by atoms with Crippen molar-refractivity contribution in [1.29, 1.82) is 0 Å². The van der Waals surface area contributed by atoms with Crippen LogP contribution in [0.25, 0.3) is 0 Å². The molecule has 2 aliphatic heterocycles. The maximum atomic E-state index is 13.1. The number of hydrogen-bond acceptors (Lipinski definition) is 4. The Kier molecular flexibility index (Phi) is 5.04. The Morgan fingerprint density at radius 1 is 1.32 bits per heavy atom. The summed E-state index contributed by atoms with van der Waals surface area (Å²) in [5, 5.41) is 11.3. The van der Waals surface area contributed by atoms with Gasteiger partial charge in [-0.2, -0.15) is 0 Å². The van der Waals surface area contributed by atoms with Gasteiger partial charge in [-0.05, 0) is 57.2 Å². The van der Waals surface area contributed by atoms with Crippen LogP contribution in [0, 0.1) is 0 Å². The number of carbonyl (C=O) groups excluding carboxylic acids is 1. The summed E-state index contributed by atoms with van der Waals surface area (Å²) in [6.07, 6.45) is 3.30. The minimum atomic E-state index is -1.11. The highest BCUT2D eigenvalue weighted by Crippen LogP contribution is 2.37. The summed E-state index contributed by atoms with van der Waals surface area (Å²) >= 11 is 0. The van der Waals surface area contributed by atoms with Crippen LogP contribution in [-0.2, 0) is 15.1 Å². The molecule has 1 aromatic carbocycles. The third-order valence-corrected chi connectivity index (χ3v) is 5.41. The van der Waals surface area contributed by atoms with Crippen LogP contribution in [0.1, 0.15) is 45.1 Å². The van der Waals surface area contributed by atoms with Crippen LogP contribution in [-0.4, -0.2) is 42.2 Å². The fourth-order valence-corrected chi connectivity index (χ4v) is 3.88. The van der Waals surface area contributed by atoms with E-state index in [1.165, 1.54) is 0 Å². The first-order valence-electron chi connectivity index (χ1n) is 8.95. The number of aliphatic hydroxyl groups is 1. The van der Waals surface area contributed by atoms with Crippen LogP contribution in [0.15, 0.2) is 35.6 Å². The molecule has 0 radical (unpaired) electrons. The second-order valence-corrected chi connectivity index (χ2v) is 7.02. The van der Waals surface area contributed by atoms with Gasteiger partial charge in [0.2, 0.25) is 0 Å². The SMILES string of the molecule is COc1ccc(C(C)(O)C2CCCN2C(=O)C2=C(C)OCCC2)cc1. The van der Waals surface area contributed by atoms with E-state index in [0.717, 1.165) is 48.3 Å². The molecule has 1 amide bonds. The van der Waals surface area contributed by atoms with E-state index in [1.807, 2.05) is 36.1 Å². The molecular formula is C20H27NO4. The molecule has 136 valence electrons. The van der Waals surface area contributed by atoms with E-state index in [1.54, 1.807) is 14.0 Å². The van der Waals surface area contributed by atoms with Gasteiger partial charge in [-0.25, -0.2) is 0 Å². The van der Waals surface area contributed by atoms with Crippen molar-refractivity contribution >= 4 is 5.91 Å². The smallest absolute Gasteiger partial charge is 0.253 e. The molecule has 2 aliphatic rings.